The second-order valence-electron chi connectivity index (χ2n) is 6.09. The summed E-state index contributed by atoms with van der Waals surface area (Å²) in [6.45, 7) is 5.62. The quantitative estimate of drug-likeness (QED) is 0.682. The summed E-state index contributed by atoms with van der Waals surface area (Å²) < 4.78 is 0. The number of hydrogen-bond donors (Lipinski definition) is 1. The molecule has 1 aromatic rings. The normalized spacial score (nSPS) is 19.3. The highest BCUT2D eigenvalue weighted by molar-refractivity contribution is 7.10. The van der Waals surface area contributed by atoms with Crippen LogP contribution in [0.15, 0.2) is 11.4 Å². The predicted octanol–water partition coefficient (Wildman–Crippen LogP) is 5.46. The first-order valence-electron chi connectivity index (χ1n) is 8.08. The van der Waals surface area contributed by atoms with Gasteiger partial charge in [-0.3, -0.25) is 0 Å². The average Bonchev–Trinajstić information content (AvgIpc) is 2.68. The van der Waals surface area contributed by atoms with Gasteiger partial charge in [0.05, 0.1) is 0 Å². The topological polar surface area (TPSA) is 12.0 Å². The van der Waals surface area contributed by atoms with Crippen LogP contribution in [-0.2, 0) is 0 Å². The number of nitrogens with one attached hydrogen (secondary N) is 1. The molecule has 108 valence electrons. The summed E-state index contributed by atoms with van der Waals surface area (Å²) in [5.41, 5.74) is 1.53. The van der Waals surface area contributed by atoms with Gasteiger partial charge < -0.3 is 5.32 Å². The second kappa shape index (κ2) is 8.06. The molecule has 0 aliphatic heterocycles. The van der Waals surface area contributed by atoms with Crippen LogP contribution in [0.4, 0.5) is 0 Å². The van der Waals surface area contributed by atoms with Crippen LogP contribution < -0.4 is 5.32 Å². The molecule has 2 heteroatoms. The maximum atomic E-state index is 3.77. The Kier molecular flexibility index (Phi) is 6.39. The van der Waals surface area contributed by atoms with E-state index in [4.69, 9.17) is 0 Å². The first-order valence-corrected chi connectivity index (χ1v) is 8.96. The van der Waals surface area contributed by atoms with Gasteiger partial charge in [-0.15, -0.1) is 11.3 Å². The van der Waals surface area contributed by atoms with Crippen molar-refractivity contribution in [3.05, 3.63) is 21.9 Å². The Hall–Kier alpha value is -0.340. The van der Waals surface area contributed by atoms with Gasteiger partial charge in [0, 0.05) is 10.9 Å². The van der Waals surface area contributed by atoms with Gasteiger partial charge in [-0.25, -0.2) is 0 Å². The maximum Gasteiger partial charge on any atom is 0.0331 e. The van der Waals surface area contributed by atoms with Crippen molar-refractivity contribution in [2.45, 2.75) is 71.3 Å². The van der Waals surface area contributed by atoms with Gasteiger partial charge in [-0.2, -0.15) is 0 Å². The Balaban J connectivity index is 1.96. The fraction of sp³-hybridized carbons (Fsp3) is 0.765. The molecule has 0 radical (unpaired) electrons. The molecule has 0 bridgehead atoms. The highest BCUT2D eigenvalue weighted by Crippen LogP contribution is 2.32. The minimum absolute atomic E-state index is 0.591. The van der Waals surface area contributed by atoms with E-state index in [2.05, 4.69) is 30.6 Å². The van der Waals surface area contributed by atoms with Gasteiger partial charge in [0.25, 0.3) is 0 Å². The van der Waals surface area contributed by atoms with Crippen molar-refractivity contribution in [2.24, 2.45) is 5.92 Å². The van der Waals surface area contributed by atoms with Crippen molar-refractivity contribution in [3.8, 4) is 0 Å². The molecule has 1 aliphatic carbocycles. The summed E-state index contributed by atoms with van der Waals surface area (Å²) in [7, 11) is 0. The summed E-state index contributed by atoms with van der Waals surface area (Å²) >= 11 is 1.89. The molecule has 0 amide bonds. The Bertz CT molecular complexity index is 350. The molecule has 1 aliphatic rings. The molecule has 1 unspecified atom stereocenters. The summed E-state index contributed by atoms with van der Waals surface area (Å²) in [6.07, 6.45) is 11.3. The van der Waals surface area contributed by atoms with Crippen LogP contribution in [0, 0.1) is 12.8 Å². The summed E-state index contributed by atoms with van der Waals surface area (Å²) in [5, 5.41) is 6.13. The van der Waals surface area contributed by atoms with E-state index >= 15 is 0 Å². The van der Waals surface area contributed by atoms with Gasteiger partial charge in [-0.05, 0) is 49.2 Å². The van der Waals surface area contributed by atoms with Gasteiger partial charge in [-0.1, -0.05) is 45.4 Å². The highest BCUT2D eigenvalue weighted by Gasteiger charge is 2.19. The van der Waals surface area contributed by atoms with E-state index in [9.17, 15) is 0 Å². The zero-order valence-electron chi connectivity index (χ0n) is 12.6. The molecular weight excluding hydrogens is 250 g/mol. The molecule has 1 atom stereocenters. The lowest BCUT2D eigenvalue weighted by Crippen LogP contribution is -2.24. The van der Waals surface area contributed by atoms with Crippen LogP contribution in [-0.4, -0.2) is 6.54 Å². The molecular formula is C17H29NS. The number of hydrogen-bond acceptors (Lipinski definition) is 2. The number of rotatable bonds is 6. The zero-order valence-corrected chi connectivity index (χ0v) is 13.4. The van der Waals surface area contributed by atoms with Crippen molar-refractivity contribution in [3.63, 3.8) is 0 Å². The van der Waals surface area contributed by atoms with E-state index in [0.29, 0.717) is 6.04 Å². The first-order chi connectivity index (χ1) is 9.29. The molecule has 1 heterocycles. The van der Waals surface area contributed by atoms with Gasteiger partial charge >= 0.3 is 0 Å². The third-order valence-electron chi connectivity index (χ3n) is 4.34. The van der Waals surface area contributed by atoms with Gasteiger partial charge in [0.15, 0.2) is 0 Å². The zero-order chi connectivity index (χ0) is 13.5. The van der Waals surface area contributed by atoms with Crippen molar-refractivity contribution in [2.75, 3.05) is 6.54 Å². The fourth-order valence-electron chi connectivity index (χ4n) is 3.24. The van der Waals surface area contributed by atoms with Crippen molar-refractivity contribution < 1.29 is 0 Å². The molecule has 1 aromatic heterocycles. The minimum atomic E-state index is 0.591. The third-order valence-corrected chi connectivity index (χ3v) is 5.22. The van der Waals surface area contributed by atoms with Gasteiger partial charge in [0.1, 0.15) is 0 Å². The van der Waals surface area contributed by atoms with Crippen LogP contribution in [0.1, 0.15) is 74.8 Å². The van der Waals surface area contributed by atoms with Crippen molar-refractivity contribution in [1.29, 1.82) is 0 Å². The fourth-order valence-corrected chi connectivity index (χ4v) is 3.99. The molecule has 1 nitrogen and oxygen atoms in total. The lowest BCUT2D eigenvalue weighted by atomic mass is 9.90. The van der Waals surface area contributed by atoms with E-state index < -0.39 is 0 Å². The van der Waals surface area contributed by atoms with Gasteiger partial charge in [0.2, 0.25) is 0 Å². The highest BCUT2D eigenvalue weighted by atomic mass is 32.1. The van der Waals surface area contributed by atoms with E-state index in [-0.39, 0.29) is 0 Å². The van der Waals surface area contributed by atoms with Crippen LogP contribution in [0.5, 0.6) is 0 Å². The van der Waals surface area contributed by atoms with Crippen LogP contribution in [0.3, 0.4) is 0 Å². The summed E-state index contributed by atoms with van der Waals surface area (Å²) in [5.74, 6) is 0.942. The largest absolute Gasteiger partial charge is 0.310 e. The van der Waals surface area contributed by atoms with Crippen molar-refractivity contribution >= 4 is 11.3 Å². The lowest BCUT2D eigenvalue weighted by molar-refractivity contribution is 0.356. The molecule has 19 heavy (non-hydrogen) atoms. The predicted molar refractivity (Wildman–Crippen MR) is 85.9 cm³/mol. The maximum absolute atomic E-state index is 3.77. The molecule has 0 aromatic carbocycles. The SMILES string of the molecule is CCCNC(CC1CCCCCC1)c1csc(C)c1. The van der Waals surface area contributed by atoms with E-state index in [1.165, 1.54) is 61.8 Å². The molecule has 0 saturated heterocycles. The number of aryl methyl sites for hydroxylation is 1. The van der Waals surface area contributed by atoms with E-state index in [1.54, 1.807) is 0 Å². The Morgan fingerprint density at radius 3 is 2.58 bits per heavy atom. The number of thiophene rings is 1. The lowest BCUT2D eigenvalue weighted by Gasteiger charge is -2.23. The Morgan fingerprint density at radius 1 is 1.26 bits per heavy atom. The van der Waals surface area contributed by atoms with Crippen LogP contribution in [0.25, 0.3) is 0 Å². The molecule has 2 rings (SSSR count). The van der Waals surface area contributed by atoms with E-state index in [0.717, 1.165) is 12.5 Å². The summed E-state index contributed by atoms with van der Waals surface area (Å²) in [4.78, 5) is 1.44. The smallest absolute Gasteiger partial charge is 0.0331 e. The second-order valence-corrected chi connectivity index (χ2v) is 7.21. The Labute approximate surface area is 122 Å². The minimum Gasteiger partial charge on any atom is -0.310 e. The Morgan fingerprint density at radius 2 is 2.00 bits per heavy atom. The first kappa shape index (κ1) is 15.1. The van der Waals surface area contributed by atoms with Crippen molar-refractivity contribution in [1.82, 2.24) is 5.32 Å². The molecule has 1 N–H and O–H groups in total. The summed E-state index contributed by atoms with van der Waals surface area (Å²) in [6, 6.07) is 2.97. The molecule has 1 fully saturated rings. The molecule has 0 spiro atoms. The molecule has 1 saturated carbocycles. The standard InChI is InChI=1S/C17H29NS/c1-3-10-18-17(16-11-14(2)19-13-16)12-15-8-6-4-5-7-9-15/h11,13,15,17-18H,3-10,12H2,1-2H3. The van der Waals surface area contributed by atoms with E-state index in [1.807, 2.05) is 11.3 Å². The average molecular weight is 279 g/mol. The third kappa shape index (κ3) is 4.92. The van der Waals surface area contributed by atoms with Crippen LogP contribution in [0.2, 0.25) is 0 Å². The monoisotopic (exact) mass is 279 g/mol. The van der Waals surface area contributed by atoms with Crippen LogP contribution >= 0.6 is 11.3 Å².